The third-order valence-corrected chi connectivity index (χ3v) is 6.14. The van der Waals surface area contributed by atoms with Crippen LogP contribution in [0.5, 0.6) is 5.75 Å². The summed E-state index contributed by atoms with van der Waals surface area (Å²) in [5.74, 6) is 2.13. The first kappa shape index (κ1) is 20.6. The molecule has 2 saturated heterocycles. The van der Waals surface area contributed by atoms with Crippen LogP contribution in [0.2, 0.25) is 0 Å². The highest BCUT2D eigenvalue weighted by Gasteiger charge is 2.30. The number of benzene rings is 1. The van der Waals surface area contributed by atoms with Gasteiger partial charge in [-0.25, -0.2) is 0 Å². The van der Waals surface area contributed by atoms with Crippen molar-refractivity contribution in [3.8, 4) is 17.2 Å². The highest BCUT2D eigenvalue weighted by molar-refractivity contribution is 5.95. The molecule has 2 aliphatic rings. The number of carbonyl (C=O) groups excluding carboxylic acids is 1. The van der Waals surface area contributed by atoms with Crippen molar-refractivity contribution in [2.75, 3.05) is 26.3 Å². The van der Waals surface area contributed by atoms with Gasteiger partial charge in [0.2, 0.25) is 0 Å². The maximum Gasteiger partial charge on any atom is 0.261 e. The summed E-state index contributed by atoms with van der Waals surface area (Å²) >= 11 is 0. The number of hydrogen-bond donors (Lipinski definition) is 0. The highest BCUT2D eigenvalue weighted by Crippen LogP contribution is 2.33. The Bertz CT molecular complexity index is 1090. The van der Waals surface area contributed by atoms with Crippen molar-refractivity contribution >= 4 is 5.91 Å². The van der Waals surface area contributed by atoms with E-state index in [0.717, 1.165) is 49.4 Å². The van der Waals surface area contributed by atoms with Crippen molar-refractivity contribution < 1.29 is 18.8 Å². The second kappa shape index (κ2) is 9.08. The van der Waals surface area contributed by atoms with Gasteiger partial charge in [-0.1, -0.05) is 17.3 Å². The molecule has 1 amide bonds. The molecule has 4 heterocycles. The standard InChI is InChI=1S/C24H26N4O4/c1-16-6-10-25-14-20(16)24(29)28-11-7-18(15-28)31-21-5-3-2-4-19(21)23-26-22(27-32-23)17-8-12-30-13-9-17/h2-6,10,14,17-18H,7-9,11-13,15H2,1H3. The average Bonchev–Trinajstić information content (AvgIpc) is 3.50. The first-order valence-corrected chi connectivity index (χ1v) is 11.1. The van der Waals surface area contributed by atoms with Gasteiger partial charge in [0.15, 0.2) is 5.82 Å². The zero-order valence-electron chi connectivity index (χ0n) is 18.1. The summed E-state index contributed by atoms with van der Waals surface area (Å²) in [5, 5.41) is 4.21. The largest absolute Gasteiger partial charge is 0.488 e. The van der Waals surface area contributed by atoms with E-state index in [2.05, 4.69) is 15.1 Å². The van der Waals surface area contributed by atoms with Gasteiger partial charge in [0, 0.05) is 44.5 Å². The molecule has 0 aliphatic carbocycles. The summed E-state index contributed by atoms with van der Waals surface area (Å²) < 4.78 is 17.3. The van der Waals surface area contributed by atoms with Crippen molar-refractivity contribution in [3.05, 3.63) is 59.7 Å². The van der Waals surface area contributed by atoms with E-state index >= 15 is 0 Å². The molecule has 0 bridgehead atoms. The fourth-order valence-electron chi connectivity index (χ4n) is 4.26. The van der Waals surface area contributed by atoms with E-state index in [-0.39, 0.29) is 17.9 Å². The van der Waals surface area contributed by atoms with Crippen molar-refractivity contribution in [1.29, 1.82) is 0 Å². The van der Waals surface area contributed by atoms with Gasteiger partial charge in [-0.05, 0) is 43.5 Å². The number of rotatable bonds is 5. The molecule has 2 fully saturated rings. The molecule has 8 heteroatoms. The second-order valence-electron chi connectivity index (χ2n) is 8.31. The summed E-state index contributed by atoms with van der Waals surface area (Å²) in [6, 6.07) is 9.53. The maximum atomic E-state index is 12.9. The number of likely N-dealkylation sites (tertiary alicyclic amines) is 1. The smallest absolute Gasteiger partial charge is 0.261 e. The van der Waals surface area contributed by atoms with Crippen LogP contribution in [0, 0.1) is 6.92 Å². The molecule has 0 N–H and O–H groups in total. The number of ether oxygens (including phenoxy) is 2. The number of hydrogen-bond acceptors (Lipinski definition) is 7. The normalized spacial score (nSPS) is 19.3. The van der Waals surface area contributed by atoms with Crippen LogP contribution < -0.4 is 4.74 Å². The van der Waals surface area contributed by atoms with E-state index in [1.54, 1.807) is 12.4 Å². The molecule has 8 nitrogen and oxygen atoms in total. The molecule has 0 spiro atoms. The Morgan fingerprint density at radius 2 is 2.00 bits per heavy atom. The minimum atomic E-state index is -0.102. The van der Waals surface area contributed by atoms with Gasteiger partial charge >= 0.3 is 0 Å². The van der Waals surface area contributed by atoms with E-state index in [9.17, 15) is 4.79 Å². The van der Waals surface area contributed by atoms with Gasteiger partial charge in [-0.3, -0.25) is 9.78 Å². The van der Waals surface area contributed by atoms with E-state index in [1.807, 2.05) is 42.2 Å². The first-order valence-electron chi connectivity index (χ1n) is 11.1. The molecular weight excluding hydrogens is 408 g/mol. The Hall–Kier alpha value is -3.26. The van der Waals surface area contributed by atoms with Crippen LogP contribution >= 0.6 is 0 Å². The van der Waals surface area contributed by atoms with Crippen LogP contribution in [-0.4, -0.2) is 58.3 Å². The van der Waals surface area contributed by atoms with E-state index in [0.29, 0.717) is 30.3 Å². The fraction of sp³-hybridized carbons (Fsp3) is 0.417. The lowest BCUT2D eigenvalue weighted by atomic mass is 10.00. The number of aromatic nitrogens is 3. The highest BCUT2D eigenvalue weighted by atomic mass is 16.5. The van der Waals surface area contributed by atoms with Crippen molar-refractivity contribution in [2.24, 2.45) is 0 Å². The van der Waals surface area contributed by atoms with Crippen LogP contribution in [0.3, 0.4) is 0 Å². The lowest BCUT2D eigenvalue weighted by Gasteiger charge is -2.19. The van der Waals surface area contributed by atoms with Gasteiger partial charge in [-0.15, -0.1) is 0 Å². The number of aryl methyl sites for hydroxylation is 1. The Kier molecular flexibility index (Phi) is 5.85. The molecule has 2 aliphatic heterocycles. The number of para-hydroxylation sites is 1. The second-order valence-corrected chi connectivity index (χ2v) is 8.31. The molecule has 2 aromatic heterocycles. The Morgan fingerprint density at radius 1 is 1.16 bits per heavy atom. The third kappa shape index (κ3) is 4.23. The van der Waals surface area contributed by atoms with Crippen molar-refractivity contribution in [3.63, 3.8) is 0 Å². The number of pyridine rings is 1. The molecule has 0 radical (unpaired) electrons. The van der Waals surface area contributed by atoms with Crippen LogP contribution in [0.15, 0.2) is 47.2 Å². The molecule has 1 unspecified atom stereocenters. The average molecular weight is 434 g/mol. The Balaban J connectivity index is 1.29. The molecule has 1 aromatic carbocycles. The van der Waals surface area contributed by atoms with E-state index < -0.39 is 0 Å². The zero-order valence-corrected chi connectivity index (χ0v) is 18.1. The molecule has 1 atom stereocenters. The first-order chi connectivity index (χ1) is 15.7. The minimum absolute atomic E-state index is 0.00649. The minimum Gasteiger partial charge on any atom is -0.488 e. The Labute approximate surface area is 186 Å². The van der Waals surface area contributed by atoms with Crippen molar-refractivity contribution in [2.45, 2.75) is 38.2 Å². The lowest BCUT2D eigenvalue weighted by Crippen LogP contribution is -2.31. The van der Waals surface area contributed by atoms with Gasteiger partial charge < -0.3 is 18.9 Å². The van der Waals surface area contributed by atoms with E-state index in [4.69, 9.17) is 14.0 Å². The summed E-state index contributed by atoms with van der Waals surface area (Å²) in [5.41, 5.74) is 2.34. The molecule has 3 aromatic rings. The van der Waals surface area contributed by atoms with Crippen LogP contribution in [-0.2, 0) is 4.74 Å². The lowest BCUT2D eigenvalue weighted by molar-refractivity contribution is 0.0771. The van der Waals surface area contributed by atoms with Gasteiger partial charge in [-0.2, -0.15) is 4.98 Å². The topological polar surface area (TPSA) is 90.6 Å². The molecule has 0 saturated carbocycles. The van der Waals surface area contributed by atoms with Gasteiger partial charge in [0.25, 0.3) is 11.8 Å². The summed E-state index contributed by atoms with van der Waals surface area (Å²) in [6.45, 7) is 4.55. The van der Waals surface area contributed by atoms with Crippen LogP contribution in [0.4, 0.5) is 0 Å². The molecule has 5 rings (SSSR count). The molecule has 166 valence electrons. The van der Waals surface area contributed by atoms with Gasteiger partial charge in [0.05, 0.1) is 17.7 Å². The van der Waals surface area contributed by atoms with Crippen LogP contribution in [0.1, 0.15) is 46.9 Å². The summed E-state index contributed by atoms with van der Waals surface area (Å²) in [6.07, 6.45) is 5.79. The SMILES string of the molecule is Cc1ccncc1C(=O)N1CCC(Oc2ccccc2-c2nc(C3CCOCC3)no2)C1. The maximum absolute atomic E-state index is 12.9. The number of nitrogens with zero attached hydrogens (tertiary/aromatic N) is 4. The fourth-order valence-corrected chi connectivity index (χ4v) is 4.26. The quantitative estimate of drug-likeness (QED) is 0.606. The van der Waals surface area contributed by atoms with Gasteiger partial charge in [0.1, 0.15) is 11.9 Å². The third-order valence-electron chi connectivity index (χ3n) is 6.14. The zero-order chi connectivity index (χ0) is 21.9. The monoisotopic (exact) mass is 434 g/mol. The Morgan fingerprint density at radius 3 is 2.84 bits per heavy atom. The summed E-state index contributed by atoms with van der Waals surface area (Å²) in [7, 11) is 0. The predicted molar refractivity (Wildman–Crippen MR) is 116 cm³/mol. The van der Waals surface area contributed by atoms with Crippen LogP contribution in [0.25, 0.3) is 11.5 Å². The summed E-state index contributed by atoms with van der Waals surface area (Å²) in [4.78, 5) is 23.5. The number of carbonyl (C=O) groups is 1. The van der Waals surface area contributed by atoms with E-state index in [1.165, 1.54) is 0 Å². The molecular formula is C24H26N4O4. The van der Waals surface area contributed by atoms with Crippen molar-refractivity contribution in [1.82, 2.24) is 20.0 Å². The molecule has 32 heavy (non-hydrogen) atoms. The predicted octanol–water partition coefficient (Wildman–Crippen LogP) is 3.63. The number of amides is 1.